The van der Waals surface area contributed by atoms with Gasteiger partial charge < -0.3 is 10.2 Å². The molecular formula is C21H21ClN6O. The lowest BCUT2D eigenvalue weighted by atomic mass is 9.86. The van der Waals surface area contributed by atoms with Crippen molar-refractivity contribution >= 4 is 29.1 Å². The molecule has 1 N–H and O–H groups in total. The number of rotatable bonds is 3. The zero-order valence-corrected chi connectivity index (χ0v) is 16.9. The van der Waals surface area contributed by atoms with Crippen LogP contribution < -0.4 is 10.2 Å². The number of aryl methyl sites for hydroxylation is 1. The van der Waals surface area contributed by atoms with Crippen LogP contribution in [0, 0.1) is 6.92 Å². The Morgan fingerprint density at radius 1 is 1.10 bits per heavy atom. The van der Waals surface area contributed by atoms with Crippen molar-refractivity contribution in [3.05, 3.63) is 58.2 Å². The number of hydrogen-bond acceptors (Lipinski definition) is 5. The summed E-state index contributed by atoms with van der Waals surface area (Å²) in [7, 11) is 0. The summed E-state index contributed by atoms with van der Waals surface area (Å²) in [5.41, 5.74) is 2.86. The molecule has 2 aromatic heterocycles. The second kappa shape index (κ2) is 7.15. The first-order valence-electron chi connectivity index (χ1n) is 9.84. The maximum Gasteiger partial charge on any atom is 0.226 e. The first-order chi connectivity index (χ1) is 14.1. The van der Waals surface area contributed by atoms with E-state index in [1.165, 1.54) is 12.8 Å². The van der Waals surface area contributed by atoms with Crippen molar-refractivity contribution in [1.29, 1.82) is 0 Å². The topological polar surface area (TPSA) is 75.9 Å². The molecule has 148 valence electrons. The van der Waals surface area contributed by atoms with Crippen molar-refractivity contribution in [1.82, 2.24) is 20.0 Å². The van der Waals surface area contributed by atoms with Gasteiger partial charge in [0.1, 0.15) is 5.82 Å². The second-order valence-corrected chi connectivity index (χ2v) is 8.00. The van der Waals surface area contributed by atoms with Gasteiger partial charge in [-0.1, -0.05) is 23.7 Å². The number of aromatic nitrogens is 4. The summed E-state index contributed by atoms with van der Waals surface area (Å²) in [6.07, 6.45) is 2.73. The first-order valence-corrected chi connectivity index (χ1v) is 10.2. The van der Waals surface area contributed by atoms with E-state index in [-0.39, 0.29) is 11.8 Å². The molecule has 2 aliphatic rings. The molecule has 1 aromatic carbocycles. The first kappa shape index (κ1) is 18.1. The summed E-state index contributed by atoms with van der Waals surface area (Å²) in [5.74, 6) is 1.98. The van der Waals surface area contributed by atoms with Crippen molar-refractivity contribution in [3.8, 4) is 5.82 Å². The molecule has 0 aliphatic carbocycles. The highest BCUT2D eigenvalue weighted by molar-refractivity contribution is 6.30. The fraction of sp³-hybridized carbons (Fsp3) is 0.333. The summed E-state index contributed by atoms with van der Waals surface area (Å²) in [6.45, 7) is 3.99. The van der Waals surface area contributed by atoms with E-state index in [1.54, 1.807) is 4.68 Å². The number of amides is 1. The third-order valence-corrected chi connectivity index (χ3v) is 5.87. The SMILES string of the molecule is Cc1nn(-c2ccc(N3CCCC3)nn2)c2c1[C@H](c1cccc(Cl)c1)CC(=O)N2. The van der Waals surface area contributed by atoms with Gasteiger partial charge >= 0.3 is 0 Å². The van der Waals surface area contributed by atoms with Gasteiger partial charge in [-0.25, -0.2) is 0 Å². The fourth-order valence-electron chi connectivity index (χ4n) is 4.27. The van der Waals surface area contributed by atoms with E-state index >= 15 is 0 Å². The Hall–Kier alpha value is -2.93. The van der Waals surface area contributed by atoms with Gasteiger partial charge in [-0.2, -0.15) is 9.78 Å². The number of carbonyl (C=O) groups excluding carboxylic acids is 1. The lowest BCUT2D eigenvalue weighted by Gasteiger charge is -2.24. The van der Waals surface area contributed by atoms with Gasteiger partial charge in [-0.15, -0.1) is 10.2 Å². The van der Waals surface area contributed by atoms with Crippen molar-refractivity contribution in [2.75, 3.05) is 23.3 Å². The zero-order chi connectivity index (χ0) is 20.0. The Morgan fingerprint density at radius 3 is 2.59 bits per heavy atom. The van der Waals surface area contributed by atoms with Crippen LogP contribution in [0.2, 0.25) is 5.02 Å². The Kier molecular flexibility index (Phi) is 4.47. The van der Waals surface area contributed by atoms with E-state index in [0.717, 1.165) is 35.7 Å². The minimum Gasteiger partial charge on any atom is -0.355 e. The van der Waals surface area contributed by atoms with Gasteiger partial charge in [-0.3, -0.25) is 4.79 Å². The molecule has 1 amide bonds. The number of fused-ring (bicyclic) bond motifs is 1. The summed E-state index contributed by atoms with van der Waals surface area (Å²) < 4.78 is 1.68. The smallest absolute Gasteiger partial charge is 0.226 e. The van der Waals surface area contributed by atoms with Crippen LogP contribution in [0.4, 0.5) is 11.6 Å². The largest absolute Gasteiger partial charge is 0.355 e. The maximum absolute atomic E-state index is 12.5. The summed E-state index contributed by atoms with van der Waals surface area (Å²) >= 11 is 6.19. The number of carbonyl (C=O) groups is 1. The van der Waals surface area contributed by atoms with E-state index in [2.05, 4.69) is 25.5 Å². The predicted molar refractivity (Wildman–Crippen MR) is 112 cm³/mol. The third-order valence-electron chi connectivity index (χ3n) is 5.64. The molecule has 0 spiro atoms. The van der Waals surface area contributed by atoms with Crippen LogP contribution in [0.15, 0.2) is 36.4 Å². The monoisotopic (exact) mass is 408 g/mol. The number of hydrogen-bond donors (Lipinski definition) is 1. The van der Waals surface area contributed by atoms with Gasteiger partial charge in [0, 0.05) is 36.0 Å². The molecule has 29 heavy (non-hydrogen) atoms. The molecule has 8 heteroatoms. The predicted octanol–water partition coefficient (Wildman–Crippen LogP) is 3.70. The normalized spacial score (nSPS) is 18.6. The van der Waals surface area contributed by atoms with Crippen LogP contribution in [-0.2, 0) is 4.79 Å². The van der Waals surface area contributed by atoms with Crippen molar-refractivity contribution in [2.45, 2.75) is 32.1 Å². The number of benzene rings is 1. The lowest BCUT2D eigenvalue weighted by molar-refractivity contribution is -0.116. The second-order valence-electron chi connectivity index (χ2n) is 7.56. The Bertz CT molecular complexity index is 1070. The minimum atomic E-state index is -0.0944. The van der Waals surface area contributed by atoms with Crippen molar-refractivity contribution in [3.63, 3.8) is 0 Å². The average molecular weight is 409 g/mol. The molecule has 0 radical (unpaired) electrons. The highest BCUT2D eigenvalue weighted by atomic mass is 35.5. The Morgan fingerprint density at radius 2 is 1.86 bits per heavy atom. The van der Waals surface area contributed by atoms with Crippen LogP contribution in [0.1, 0.15) is 42.0 Å². The van der Waals surface area contributed by atoms with Crippen LogP contribution in [0.3, 0.4) is 0 Å². The third kappa shape index (κ3) is 3.25. The molecule has 0 unspecified atom stereocenters. The molecule has 0 bridgehead atoms. The fourth-order valence-corrected chi connectivity index (χ4v) is 4.47. The average Bonchev–Trinajstić information content (AvgIpc) is 3.36. The zero-order valence-electron chi connectivity index (χ0n) is 16.1. The van der Waals surface area contributed by atoms with Crippen molar-refractivity contribution in [2.24, 2.45) is 0 Å². The standard InChI is InChI=1S/C21H21ClN6O/c1-13-20-16(14-5-4-6-15(22)11-14)12-19(29)23-21(20)28(26-13)18-8-7-17(24-25-18)27-9-2-3-10-27/h4-8,11,16H,2-3,9-10,12H2,1H3,(H,23,29)/t16-/m0/s1. The summed E-state index contributed by atoms with van der Waals surface area (Å²) in [5, 5.41) is 17.1. The Balaban J connectivity index is 1.55. The van der Waals surface area contributed by atoms with Gasteiger partial charge in [-0.05, 0) is 49.6 Å². The van der Waals surface area contributed by atoms with Crippen LogP contribution >= 0.6 is 11.6 Å². The van der Waals surface area contributed by atoms with Gasteiger partial charge in [0.05, 0.1) is 5.69 Å². The molecule has 0 saturated carbocycles. The van der Waals surface area contributed by atoms with Crippen LogP contribution in [0.25, 0.3) is 5.82 Å². The number of anilines is 2. The molecular weight excluding hydrogens is 388 g/mol. The minimum absolute atomic E-state index is 0.0507. The van der Waals surface area contributed by atoms with E-state index in [9.17, 15) is 4.79 Å². The van der Waals surface area contributed by atoms with Gasteiger partial charge in [0.25, 0.3) is 0 Å². The highest BCUT2D eigenvalue weighted by Crippen LogP contribution is 2.40. The highest BCUT2D eigenvalue weighted by Gasteiger charge is 2.33. The number of nitrogens with zero attached hydrogens (tertiary/aromatic N) is 5. The summed E-state index contributed by atoms with van der Waals surface area (Å²) in [6, 6.07) is 11.5. The molecule has 5 rings (SSSR count). The van der Waals surface area contributed by atoms with E-state index in [1.807, 2.05) is 43.3 Å². The van der Waals surface area contributed by atoms with Gasteiger partial charge in [0.15, 0.2) is 11.6 Å². The molecule has 4 heterocycles. The molecule has 3 aromatic rings. The van der Waals surface area contributed by atoms with Crippen LogP contribution in [0.5, 0.6) is 0 Å². The van der Waals surface area contributed by atoms with E-state index < -0.39 is 0 Å². The molecule has 1 fully saturated rings. The molecule has 1 saturated heterocycles. The Labute approximate surface area is 173 Å². The van der Waals surface area contributed by atoms with Gasteiger partial charge in [0.2, 0.25) is 5.91 Å². The lowest BCUT2D eigenvalue weighted by Crippen LogP contribution is -2.25. The quantitative estimate of drug-likeness (QED) is 0.715. The number of halogens is 1. The molecule has 2 aliphatic heterocycles. The van der Waals surface area contributed by atoms with E-state index in [4.69, 9.17) is 11.6 Å². The maximum atomic E-state index is 12.5. The van der Waals surface area contributed by atoms with Crippen molar-refractivity contribution < 1.29 is 4.79 Å². The molecule has 1 atom stereocenters. The number of nitrogens with one attached hydrogen (secondary N) is 1. The molecule has 7 nitrogen and oxygen atoms in total. The van der Waals surface area contributed by atoms with E-state index in [0.29, 0.717) is 23.1 Å². The van der Waals surface area contributed by atoms with Crippen LogP contribution in [-0.4, -0.2) is 39.0 Å². The summed E-state index contributed by atoms with van der Waals surface area (Å²) in [4.78, 5) is 14.7.